The molecule has 0 spiro atoms. The van der Waals surface area contributed by atoms with E-state index in [9.17, 15) is 5.11 Å². The molecule has 0 amide bonds. The maximum absolute atomic E-state index is 10.0. The van der Waals surface area contributed by atoms with E-state index in [0.29, 0.717) is 11.8 Å². The molecule has 1 unspecified atom stereocenters. The molecule has 1 aromatic carbocycles. The van der Waals surface area contributed by atoms with Crippen molar-refractivity contribution in [2.75, 3.05) is 7.05 Å². The van der Waals surface area contributed by atoms with Gasteiger partial charge >= 0.3 is 0 Å². The average molecular weight is 326 g/mol. The van der Waals surface area contributed by atoms with Gasteiger partial charge in [0.15, 0.2) is 0 Å². The van der Waals surface area contributed by atoms with Crippen molar-refractivity contribution in [2.45, 2.75) is 51.6 Å². The van der Waals surface area contributed by atoms with E-state index in [1.54, 1.807) is 6.07 Å². The molecule has 0 bridgehead atoms. The molecule has 2 nitrogen and oxygen atoms in total. The number of halogens is 1. The number of benzene rings is 1. The van der Waals surface area contributed by atoms with Gasteiger partial charge in [0.25, 0.3) is 0 Å². The molecule has 2 rings (SSSR count). The molecular weight excluding hydrogens is 302 g/mol. The minimum atomic E-state index is 0.246. The fraction of sp³-hybridized carbons (Fsp3) is 0.625. The molecule has 1 N–H and O–H groups in total. The van der Waals surface area contributed by atoms with Crippen molar-refractivity contribution in [1.82, 2.24) is 4.90 Å². The van der Waals surface area contributed by atoms with Gasteiger partial charge < -0.3 is 5.11 Å². The molecule has 1 atom stereocenters. The first-order valence-electron chi connectivity index (χ1n) is 7.19. The van der Waals surface area contributed by atoms with Crippen LogP contribution in [-0.4, -0.2) is 23.1 Å². The number of nitrogens with zero attached hydrogens (tertiary/aromatic N) is 1. The van der Waals surface area contributed by atoms with Crippen molar-refractivity contribution >= 4 is 15.9 Å². The molecule has 1 aromatic rings. The summed E-state index contributed by atoms with van der Waals surface area (Å²) in [6, 6.07) is 6.57. The van der Waals surface area contributed by atoms with Gasteiger partial charge in [0.2, 0.25) is 0 Å². The van der Waals surface area contributed by atoms with Crippen molar-refractivity contribution in [1.29, 1.82) is 0 Å². The van der Waals surface area contributed by atoms with Gasteiger partial charge in [-0.15, -0.1) is 0 Å². The lowest BCUT2D eigenvalue weighted by Crippen LogP contribution is -2.36. The summed E-state index contributed by atoms with van der Waals surface area (Å²) in [4.78, 5) is 2.42. The van der Waals surface area contributed by atoms with E-state index in [4.69, 9.17) is 0 Å². The smallest absolute Gasteiger partial charge is 0.120 e. The van der Waals surface area contributed by atoms with Crippen molar-refractivity contribution in [3.05, 3.63) is 28.2 Å². The second-order valence-electron chi connectivity index (χ2n) is 5.96. The Morgan fingerprint density at radius 2 is 1.89 bits per heavy atom. The largest absolute Gasteiger partial charge is 0.508 e. The van der Waals surface area contributed by atoms with Crippen LogP contribution < -0.4 is 0 Å². The monoisotopic (exact) mass is 325 g/mol. The molecule has 1 aliphatic rings. The second-order valence-corrected chi connectivity index (χ2v) is 6.87. The van der Waals surface area contributed by atoms with Crippen LogP contribution in [0.1, 0.15) is 51.1 Å². The van der Waals surface area contributed by atoms with E-state index in [1.165, 1.54) is 25.7 Å². The molecule has 0 aromatic heterocycles. The van der Waals surface area contributed by atoms with Crippen molar-refractivity contribution < 1.29 is 5.11 Å². The first-order valence-corrected chi connectivity index (χ1v) is 7.98. The van der Waals surface area contributed by atoms with Gasteiger partial charge in [-0.05, 0) is 63.8 Å². The standard InChI is InChI=1S/C16H24BrNO/c1-11-4-7-14(8-5-11)18(3)12(2)15-10-13(17)6-9-16(15)19/h6,9-12,14,19H,4-5,7-8H2,1-3H3. The van der Waals surface area contributed by atoms with E-state index < -0.39 is 0 Å². The number of phenolic OH excluding ortho intramolecular Hbond substituents is 1. The molecular formula is C16H24BrNO. The van der Waals surface area contributed by atoms with Crippen LogP contribution in [0.15, 0.2) is 22.7 Å². The van der Waals surface area contributed by atoms with Crippen LogP contribution >= 0.6 is 15.9 Å². The van der Waals surface area contributed by atoms with Crippen LogP contribution in [0.25, 0.3) is 0 Å². The predicted octanol–water partition coefficient (Wildman–Crippen LogP) is 4.73. The highest BCUT2D eigenvalue weighted by Crippen LogP contribution is 2.35. The zero-order valence-corrected chi connectivity index (χ0v) is 13.7. The highest BCUT2D eigenvalue weighted by Gasteiger charge is 2.26. The average Bonchev–Trinajstić information content (AvgIpc) is 2.41. The summed E-state index contributed by atoms with van der Waals surface area (Å²) in [6.07, 6.45) is 5.20. The van der Waals surface area contributed by atoms with Gasteiger partial charge in [-0.1, -0.05) is 22.9 Å². The van der Waals surface area contributed by atoms with Crippen molar-refractivity contribution in [3.63, 3.8) is 0 Å². The molecule has 0 aliphatic heterocycles. The van der Waals surface area contributed by atoms with Crippen LogP contribution in [0, 0.1) is 5.92 Å². The first-order chi connectivity index (χ1) is 8.99. The summed E-state index contributed by atoms with van der Waals surface area (Å²) in [7, 11) is 2.19. The summed E-state index contributed by atoms with van der Waals surface area (Å²) >= 11 is 3.49. The third kappa shape index (κ3) is 3.51. The summed E-state index contributed by atoms with van der Waals surface area (Å²) in [5, 5.41) is 10.0. The van der Waals surface area contributed by atoms with Crippen LogP contribution in [0.5, 0.6) is 5.75 Å². The van der Waals surface area contributed by atoms with Gasteiger partial charge in [-0.2, -0.15) is 0 Å². The van der Waals surface area contributed by atoms with Crippen LogP contribution in [0.2, 0.25) is 0 Å². The first kappa shape index (κ1) is 14.9. The summed E-state index contributed by atoms with van der Waals surface area (Å²) < 4.78 is 1.03. The van der Waals surface area contributed by atoms with E-state index in [-0.39, 0.29) is 6.04 Å². The molecule has 19 heavy (non-hydrogen) atoms. The summed E-state index contributed by atoms with van der Waals surface area (Å²) in [6.45, 7) is 4.53. The Morgan fingerprint density at radius 3 is 2.53 bits per heavy atom. The maximum Gasteiger partial charge on any atom is 0.120 e. The molecule has 1 saturated carbocycles. The van der Waals surface area contributed by atoms with Gasteiger partial charge in [0, 0.05) is 22.1 Å². The Hall–Kier alpha value is -0.540. The fourth-order valence-corrected chi connectivity index (χ4v) is 3.42. The fourth-order valence-electron chi connectivity index (χ4n) is 3.05. The Labute approximate surface area is 124 Å². The molecule has 1 aliphatic carbocycles. The van der Waals surface area contributed by atoms with Crippen molar-refractivity contribution in [3.8, 4) is 5.75 Å². The van der Waals surface area contributed by atoms with Gasteiger partial charge in [0.05, 0.1) is 0 Å². The highest BCUT2D eigenvalue weighted by molar-refractivity contribution is 9.10. The summed E-state index contributed by atoms with van der Waals surface area (Å²) in [5.41, 5.74) is 1.01. The number of aromatic hydroxyl groups is 1. The molecule has 0 heterocycles. The van der Waals surface area contributed by atoms with Gasteiger partial charge in [-0.25, -0.2) is 0 Å². The van der Waals surface area contributed by atoms with Crippen LogP contribution in [0.3, 0.4) is 0 Å². The predicted molar refractivity (Wildman–Crippen MR) is 83.4 cm³/mol. The molecule has 3 heteroatoms. The Balaban J connectivity index is 2.10. The summed E-state index contributed by atoms with van der Waals surface area (Å²) in [5.74, 6) is 1.27. The lowest BCUT2D eigenvalue weighted by molar-refractivity contribution is 0.130. The quantitative estimate of drug-likeness (QED) is 0.868. The molecule has 0 saturated heterocycles. The Morgan fingerprint density at radius 1 is 1.26 bits per heavy atom. The Bertz CT molecular complexity index is 427. The Kier molecular flexibility index (Phi) is 4.91. The van der Waals surface area contributed by atoms with E-state index in [1.807, 2.05) is 12.1 Å². The lowest BCUT2D eigenvalue weighted by atomic mass is 9.86. The van der Waals surface area contributed by atoms with E-state index >= 15 is 0 Å². The third-order valence-corrected chi connectivity index (χ3v) is 5.11. The van der Waals surface area contributed by atoms with Crippen LogP contribution in [0.4, 0.5) is 0 Å². The highest BCUT2D eigenvalue weighted by atomic mass is 79.9. The second kappa shape index (κ2) is 6.27. The molecule has 0 radical (unpaired) electrons. The number of hydrogen-bond donors (Lipinski definition) is 1. The topological polar surface area (TPSA) is 23.5 Å². The number of rotatable bonds is 3. The molecule has 1 fully saturated rings. The normalized spacial score (nSPS) is 25.5. The SMILES string of the molecule is CC1CCC(N(C)C(C)c2cc(Br)ccc2O)CC1. The van der Waals surface area contributed by atoms with Crippen molar-refractivity contribution in [2.24, 2.45) is 5.92 Å². The molecule has 106 valence electrons. The van der Waals surface area contributed by atoms with E-state index in [2.05, 4.69) is 41.7 Å². The number of hydrogen-bond acceptors (Lipinski definition) is 2. The lowest BCUT2D eigenvalue weighted by Gasteiger charge is -2.37. The minimum Gasteiger partial charge on any atom is -0.508 e. The van der Waals surface area contributed by atoms with E-state index in [0.717, 1.165) is 16.0 Å². The minimum absolute atomic E-state index is 0.246. The third-order valence-electron chi connectivity index (χ3n) is 4.61. The number of phenols is 1. The maximum atomic E-state index is 10.0. The zero-order valence-electron chi connectivity index (χ0n) is 12.1. The van der Waals surface area contributed by atoms with Crippen LogP contribution in [-0.2, 0) is 0 Å². The zero-order chi connectivity index (χ0) is 14.0. The van der Waals surface area contributed by atoms with Gasteiger partial charge in [-0.3, -0.25) is 4.90 Å². The van der Waals surface area contributed by atoms with Gasteiger partial charge in [0.1, 0.15) is 5.75 Å².